The van der Waals surface area contributed by atoms with Gasteiger partial charge in [0.2, 0.25) is 0 Å². The molecule has 1 aliphatic rings. The standard InChI is InChI=1S/C12H10F3N3OS/c1-17-10(12(13,14)15)6-7(16-17)8-2-3-9(20-8)11(19)18-4-5-18/h2-3,6H,4-5H2,1H3. The highest BCUT2D eigenvalue weighted by Crippen LogP contribution is 2.34. The Hall–Kier alpha value is -1.83. The quantitative estimate of drug-likeness (QED) is 0.800. The smallest absolute Gasteiger partial charge is 0.334 e. The second kappa shape index (κ2) is 4.34. The fourth-order valence-corrected chi connectivity index (χ4v) is 2.78. The van der Waals surface area contributed by atoms with Gasteiger partial charge in [-0.1, -0.05) is 0 Å². The Labute approximate surface area is 116 Å². The molecule has 0 saturated carbocycles. The van der Waals surface area contributed by atoms with Crippen LogP contribution in [0.1, 0.15) is 15.4 Å². The lowest BCUT2D eigenvalue weighted by Crippen LogP contribution is -2.11. The lowest BCUT2D eigenvalue weighted by Gasteiger charge is -2.04. The maximum Gasteiger partial charge on any atom is 0.433 e. The molecule has 0 unspecified atom stereocenters. The predicted molar refractivity (Wildman–Crippen MR) is 67.4 cm³/mol. The van der Waals surface area contributed by atoms with Gasteiger partial charge < -0.3 is 4.90 Å². The molecule has 3 rings (SSSR count). The average molecular weight is 301 g/mol. The van der Waals surface area contributed by atoms with Gasteiger partial charge in [0.1, 0.15) is 11.4 Å². The first kappa shape index (κ1) is 13.2. The lowest BCUT2D eigenvalue weighted by atomic mass is 10.3. The second-order valence-corrected chi connectivity index (χ2v) is 5.58. The number of halogens is 3. The Balaban J connectivity index is 1.91. The van der Waals surface area contributed by atoms with Gasteiger partial charge >= 0.3 is 6.18 Å². The highest BCUT2D eigenvalue weighted by molar-refractivity contribution is 7.17. The topological polar surface area (TPSA) is 37.9 Å². The molecule has 0 radical (unpaired) electrons. The first-order chi connectivity index (χ1) is 9.36. The van der Waals surface area contributed by atoms with Crippen molar-refractivity contribution in [2.24, 2.45) is 7.05 Å². The molecule has 2 aromatic rings. The molecular formula is C12H10F3N3OS. The first-order valence-corrected chi connectivity index (χ1v) is 6.68. The molecule has 106 valence electrons. The normalized spacial score (nSPS) is 14.7. The molecule has 0 bridgehead atoms. The fourth-order valence-electron chi connectivity index (χ4n) is 1.85. The van der Waals surface area contributed by atoms with Crippen molar-refractivity contribution in [3.05, 3.63) is 28.8 Å². The Kier molecular flexibility index (Phi) is 2.86. The lowest BCUT2D eigenvalue weighted by molar-refractivity contribution is -0.143. The summed E-state index contributed by atoms with van der Waals surface area (Å²) in [6.07, 6.45) is -4.43. The number of carbonyl (C=O) groups excluding carboxylic acids is 1. The van der Waals surface area contributed by atoms with Crippen LogP contribution in [0.3, 0.4) is 0 Å². The number of hydrogen-bond donors (Lipinski definition) is 0. The van der Waals surface area contributed by atoms with Crippen LogP contribution in [0.2, 0.25) is 0 Å². The molecular weight excluding hydrogens is 291 g/mol. The number of hydrogen-bond acceptors (Lipinski definition) is 3. The summed E-state index contributed by atoms with van der Waals surface area (Å²) in [6.45, 7) is 1.49. The molecule has 0 aromatic carbocycles. The Bertz CT molecular complexity index is 670. The van der Waals surface area contributed by atoms with E-state index in [-0.39, 0.29) is 11.6 Å². The van der Waals surface area contributed by atoms with Crippen molar-refractivity contribution in [1.29, 1.82) is 0 Å². The molecule has 0 spiro atoms. The van der Waals surface area contributed by atoms with Crippen LogP contribution < -0.4 is 0 Å². The van der Waals surface area contributed by atoms with Gasteiger partial charge in [-0.25, -0.2) is 0 Å². The molecule has 1 saturated heterocycles. The van der Waals surface area contributed by atoms with Gasteiger partial charge in [-0.2, -0.15) is 18.3 Å². The summed E-state index contributed by atoms with van der Waals surface area (Å²) in [7, 11) is 1.25. The molecule has 3 heterocycles. The third-order valence-corrected chi connectivity index (χ3v) is 4.07. The van der Waals surface area contributed by atoms with E-state index in [1.165, 1.54) is 7.05 Å². The van der Waals surface area contributed by atoms with Crippen molar-refractivity contribution >= 4 is 17.2 Å². The van der Waals surface area contributed by atoms with Crippen LogP contribution in [-0.2, 0) is 13.2 Å². The molecule has 0 aliphatic carbocycles. The minimum atomic E-state index is -4.43. The van der Waals surface area contributed by atoms with Crippen LogP contribution in [0.5, 0.6) is 0 Å². The summed E-state index contributed by atoms with van der Waals surface area (Å²) >= 11 is 1.16. The summed E-state index contributed by atoms with van der Waals surface area (Å²) in [5.74, 6) is -0.0757. The van der Waals surface area contributed by atoms with Crippen LogP contribution in [0, 0.1) is 0 Å². The van der Waals surface area contributed by atoms with Crippen LogP contribution in [-0.4, -0.2) is 33.7 Å². The molecule has 8 heteroatoms. The predicted octanol–water partition coefficient (Wildman–Crippen LogP) is 2.62. The molecule has 1 fully saturated rings. The van der Waals surface area contributed by atoms with Gasteiger partial charge in [-0.15, -0.1) is 11.3 Å². The average Bonchev–Trinajstić information content (AvgIpc) is 2.94. The zero-order chi connectivity index (χ0) is 14.5. The van der Waals surface area contributed by atoms with Crippen molar-refractivity contribution in [2.45, 2.75) is 6.18 Å². The molecule has 4 nitrogen and oxygen atoms in total. The summed E-state index contributed by atoms with van der Waals surface area (Å²) in [6, 6.07) is 4.25. The van der Waals surface area contributed by atoms with Crippen molar-refractivity contribution in [3.63, 3.8) is 0 Å². The third kappa shape index (κ3) is 2.31. The fraction of sp³-hybridized carbons (Fsp3) is 0.333. The number of rotatable bonds is 2. The van der Waals surface area contributed by atoms with Gasteiger partial charge in [0.05, 0.1) is 9.75 Å². The maximum atomic E-state index is 12.7. The zero-order valence-electron chi connectivity index (χ0n) is 10.4. The van der Waals surface area contributed by atoms with E-state index in [2.05, 4.69) is 5.10 Å². The van der Waals surface area contributed by atoms with Crippen LogP contribution in [0.4, 0.5) is 13.2 Å². The highest BCUT2D eigenvalue weighted by atomic mass is 32.1. The van der Waals surface area contributed by atoms with Gasteiger partial charge in [-0.05, 0) is 18.2 Å². The summed E-state index contributed by atoms with van der Waals surface area (Å²) in [5, 5.41) is 3.86. The number of carbonyl (C=O) groups is 1. The van der Waals surface area contributed by atoms with E-state index in [9.17, 15) is 18.0 Å². The van der Waals surface area contributed by atoms with Crippen molar-refractivity contribution in [1.82, 2.24) is 14.7 Å². The van der Waals surface area contributed by atoms with E-state index in [0.717, 1.165) is 35.2 Å². The minimum absolute atomic E-state index is 0.0757. The Morgan fingerprint density at radius 2 is 2.05 bits per heavy atom. The SMILES string of the molecule is Cn1nc(-c2ccc(C(=O)N3CC3)s2)cc1C(F)(F)F. The van der Waals surface area contributed by atoms with Gasteiger partial charge in [0.25, 0.3) is 5.91 Å². The van der Waals surface area contributed by atoms with Crippen LogP contribution >= 0.6 is 11.3 Å². The monoisotopic (exact) mass is 301 g/mol. The largest absolute Gasteiger partial charge is 0.433 e. The van der Waals surface area contributed by atoms with Gasteiger partial charge in [-0.3, -0.25) is 9.48 Å². The number of aryl methyl sites for hydroxylation is 1. The van der Waals surface area contributed by atoms with E-state index in [4.69, 9.17) is 0 Å². The number of nitrogens with zero attached hydrogens (tertiary/aromatic N) is 3. The summed E-state index contributed by atoms with van der Waals surface area (Å²) in [4.78, 5) is 14.6. The molecule has 0 N–H and O–H groups in total. The van der Waals surface area contributed by atoms with E-state index >= 15 is 0 Å². The Morgan fingerprint density at radius 1 is 1.35 bits per heavy atom. The number of thiophene rings is 1. The number of amides is 1. The van der Waals surface area contributed by atoms with Crippen molar-refractivity contribution in [3.8, 4) is 10.6 Å². The highest BCUT2D eigenvalue weighted by Gasteiger charge is 2.35. The molecule has 2 aromatic heterocycles. The zero-order valence-corrected chi connectivity index (χ0v) is 11.3. The first-order valence-electron chi connectivity index (χ1n) is 5.87. The number of alkyl halides is 3. The second-order valence-electron chi connectivity index (χ2n) is 4.49. The van der Waals surface area contributed by atoms with E-state index in [0.29, 0.717) is 9.75 Å². The van der Waals surface area contributed by atoms with Gasteiger partial charge in [0, 0.05) is 20.1 Å². The molecule has 1 aliphatic heterocycles. The molecule has 20 heavy (non-hydrogen) atoms. The van der Waals surface area contributed by atoms with E-state index in [1.807, 2.05) is 0 Å². The van der Waals surface area contributed by atoms with Crippen LogP contribution in [0.15, 0.2) is 18.2 Å². The van der Waals surface area contributed by atoms with E-state index in [1.54, 1.807) is 17.0 Å². The molecule has 0 atom stereocenters. The van der Waals surface area contributed by atoms with Gasteiger partial charge in [0.15, 0.2) is 0 Å². The summed E-state index contributed by atoms with van der Waals surface area (Å²) in [5.41, 5.74) is -0.575. The minimum Gasteiger partial charge on any atom is -0.334 e. The van der Waals surface area contributed by atoms with Crippen molar-refractivity contribution in [2.75, 3.05) is 13.1 Å². The summed E-state index contributed by atoms with van der Waals surface area (Å²) < 4.78 is 38.9. The Morgan fingerprint density at radius 3 is 2.60 bits per heavy atom. The molecule has 1 amide bonds. The van der Waals surface area contributed by atoms with Crippen LogP contribution in [0.25, 0.3) is 10.6 Å². The maximum absolute atomic E-state index is 12.7. The van der Waals surface area contributed by atoms with Crippen molar-refractivity contribution < 1.29 is 18.0 Å². The number of aromatic nitrogens is 2. The third-order valence-electron chi connectivity index (χ3n) is 2.97. The van der Waals surface area contributed by atoms with E-state index < -0.39 is 11.9 Å².